The Balaban J connectivity index is 1.61. The Bertz CT molecular complexity index is 1250. The van der Waals surface area contributed by atoms with E-state index in [0.717, 1.165) is 51.0 Å². The van der Waals surface area contributed by atoms with Crippen molar-refractivity contribution in [3.8, 4) is 11.4 Å². The molecule has 29 heavy (non-hydrogen) atoms. The van der Waals surface area contributed by atoms with Crippen LogP contribution in [0.3, 0.4) is 0 Å². The van der Waals surface area contributed by atoms with Crippen LogP contribution in [-0.4, -0.2) is 25.5 Å². The van der Waals surface area contributed by atoms with Gasteiger partial charge in [0.2, 0.25) is 0 Å². The predicted molar refractivity (Wildman–Crippen MR) is 111 cm³/mol. The third kappa shape index (κ3) is 2.77. The summed E-state index contributed by atoms with van der Waals surface area (Å²) < 4.78 is 2.09. The number of carbonyl (C=O) groups excluding carboxylic acids is 1. The highest BCUT2D eigenvalue weighted by molar-refractivity contribution is 7.12. The van der Waals surface area contributed by atoms with Crippen molar-refractivity contribution in [1.29, 1.82) is 0 Å². The number of hydrogen-bond donors (Lipinski definition) is 2. The van der Waals surface area contributed by atoms with Crippen molar-refractivity contribution in [3.05, 3.63) is 75.4 Å². The molecule has 4 aromatic rings. The number of thiazole rings is 1. The average Bonchev–Trinajstić information content (AvgIpc) is 3.37. The predicted octanol–water partition coefficient (Wildman–Crippen LogP) is 4.27. The van der Waals surface area contributed by atoms with Crippen LogP contribution in [0.5, 0.6) is 0 Å². The van der Waals surface area contributed by atoms with Gasteiger partial charge in [0.25, 0.3) is 5.91 Å². The lowest BCUT2D eigenvalue weighted by Gasteiger charge is -2.13. The molecule has 6 nitrogen and oxygen atoms in total. The van der Waals surface area contributed by atoms with Gasteiger partial charge in [0.1, 0.15) is 16.3 Å². The number of amides is 1. The van der Waals surface area contributed by atoms with E-state index in [-0.39, 0.29) is 5.41 Å². The minimum absolute atomic E-state index is 0.159. The number of benzene rings is 1. The Morgan fingerprint density at radius 2 is 2.00 bits per heavy atom. The fraction of sp³-hybridized carbons (Fsp3) is 0.227. The minimum atomic E-state index is -0.500. The van der Waals surface area contributed by atoms with E-state index in [0.29, 0.717) is 5.56 Å². The quantitative estimate of drug-likeness (QED) is 0.393. The zero-order chi connectivity index (χ0) is 20.2. The lowest BCUT2D eigenvalue weighted by atomic mass is 9.95. The number of aryl methyl sites for hydroxylation is 2. The van der Waals surface area contributed by atoms with Gasteiger partial charge < -0.3 is 0 Å². The lowest BCUT2D eigenvalue weighted by molar-refractivity contribution is 0.0706. The van der Waals surface area contributed by atoms with Crippen LogP contribution in [0, 0.1) is 13.8 Å². The SMILES string of the molecule is Cc1nc2ccccn2c1-c1nc(C2(c3cccc(C(=O)NO)c3)CC2)sc1C. The zero-order valence-corrected chi connectivity index (χ0v) is 17.0. The molecule has 1 amide bonds. The van der Waals surface area contributed by atoms with Crippen molar-refractivity contribution in [2.75, 3.05) is 0 Å². The van der Waals surface area contributed by atoms with Gasteiger partial charge in [0.05, 0.1) is 11.4 Å². The number of rotatable bonds is 4. The topological polar surface area (TPSA) is 79.5 Å². The molecule has 146 valence electrons. The molecule has 1 fully saturated rings. The summed E-state index contributed by atoms with van der Waals surface area (Å²) in [6, 6.07) is 13.4. The molecule has 0 aliphatic heterocycles. The number of pyridine rings is 1. The highest BCUT2D eigenvalue weighted by atomic mass is 32.1. The molecule has 1 aromatic carbocycles. The van der Waals surface area contributed by atoms with Gasteiger partial charge in [-0.3, -0.25) is 14.4 Å². The second-order valence-corrected chi connectivity index (χ2v) is 8.71. The molecule has 0 radical (unpaired) electrons. The second kappa shape index (κ2) is 6.50. The number of hydroxylamine groups is 1. The number of aromatic nitrogens is 3. The van der Waals surface area contributed by atoms with Crippen LogP contribution in [0.2, 0.25) is 0 Å². The first kappa shape index (κ1) is 18.0. The first-order chi connectivity index (χ1) is 14.0. The molecule has 0 bridgehead atoms. The summed E-state index contributed by atoms with van der Waals surface area (Å²) in [5.74, 6) is -0.500. The van der Waals surface area contributed by atoms with Crippen molar-refractivity contribution < 1.29 is 10.0 Å². The molecule has 3 aromatic heterocycles. The van der Waals surface area contributed by atoms with E-state index in [1.807, 2.05) is 49.5 Å². The van der Waals surface area contributed by atoms with E-state index in [9.17, 15) is 4.79 Å². The van der Waals surface area contributed by atoms with Crippen molar-refractivity contribution in [1.82, 2.24) is 19.8 Å². The van der Waals surface area contributed by atoms with Crippen LogP contribution in [0.25, 0.3) is 17.0 Å². The molecule has 3 heterocycles. The number of hydrogen-bond acceptors (Lipinski definition) is 5. The molecule has 1 aliphatic carbocycles. The van der Waals surface area contributed by atoms with E-state index >= 15 is 0 Å². The Morgan fingerprint density at radius 1 is 1.17 bits per heavy atom. The molecule has 0 unspecified atom stereocenters. The average molecular weight is 404 g/mol. The van der Waals surface area contributed by atoms with Gasteiger partial charge in [-0.15, -0.1) is 11.3 Å². The van der Waals surface area contributed by atoms with E-state index < -0.39 is 5.91 Å². The van der Waals surface area contributed by atoms with Gasteiger partial charge >= 0.3 is 0 Å². The van der Waals surface area contributed by atoms with Crippen molar-refractivity contribution in [3.63, 3.8) is 0 Å². The number of nitrogens with one attached hydrogen (secondary N) is 1. The molecule has 5 rings (SSSR count). The van der Waals surface area contributed by atoms with Crippen molar-refractivity contribution >= 4 is 22.9 Å². The molecule has 0 atom stereocenters. The van der Waals surface area contributed by atoms with Gasteiger partial charge in [-0.25, -0.2) is 15.4 Å². The van der Waals surface area contributed by atoms with E-state index in [1.54, 1.807) is 22.9 Å². The first-order valence-corrected chi connectivity index (χ1v) is 10.3. The van der Waals surface area contributed by atoms with E-state index in [1.165, 1.54) is 0 Å². The Labute approximate surface area is 171 Å². The summed E-state index contributed by atoms with van der Waals surface area (Å²) in [4.78, 5) is 22.7. The Kier molecular flexibility index (Phi) is 4.04. The molecule has 0 spiro atoms. The third-order valence-electron chi connectivity index (χ3n) is 5.66. The third-order valence-corrected chi connectivity index (χ3v) is 6.84. The molecule has 1 aliphatic rings. The summed E-state index contributed by atoms with van der Waals surface area (Å²) in [5.41, 5.74) is 6.94. The van der Waals surface area contributed by atoms with Crippen LogP contribution >= 0.6 is 11.3 Å². The number of nitrogens with zero attached hydrogens (tertiary/aromatic N) is 3. The largest absolute Gasteiger partial charge is 0.298 e. The highest BCUT2D eigenvalue weighted by Crippen LogP contribution is 2.55. The van der Waals surface area contributed by atoms with Gasteiger partial charge in [-0.2, -0.15) is 0 Å². The second-order valence-electron chi connectivity index (χ2n) is 7.50. The van der Waals surface area contributed by atoms with Crippen LogP contribution in [0.1, 0.15) is 44.3 Å². The standard InChI is InChI=1S/C22H20N4O2S/c1-13-19(26-11-4-3-8-17(26)23-13)18-14(2)29-21(24-18)22(9-10-22)16-7-5-6-15(12-16)20(27)25-28/h3-8,11-12,28H,9-10H2,1-2H3,(H,25,27). The van der Waals surface area contributed by atoms with Gasteiger partial charge in [-0.05, 0) is 56.5 Å². The van der Waals surface area contributed by atoms with Gasteiger partial charge in [0.15, 0.2) is 0 Å². The maximum Gasteiger partial charge on any atom is 0.274 e. The monoisotopic (exact) mass is 404 g/mol. The summed E-state index contributed by atoms with van der Waals surface area (Å²) in [6.45, 7) is 4.12. The number of carbonyl (C=O) groups is 1. The minimum Gasteiger partial charge on any atom is -0.298 e. The van der Waals surface area contributed by atoms with Crippen LogP contribution in [-0.2, 0) is 5.41 Å². The molecule has 0 saturated heterocycles. The summed E-state index contributed by atoms with van der Waals surface area (Å²) in [5, 5.41) is 10.0. The molecular formula is C22H20N4O2S. The smallest absolute Gasteiger partial charge is 0.274 e. The Hall–Kier alpha value is -3.03. The van der Waals surface area contributed by atoms with Gasteiger partial charge in [0, 0.05) is 22.1 Å². The maximum absolute atomic E-state index is 11.8. The van der Waals surface area contributed by atoms with Crippen LogP contribution in [0.4, 0.5) is 0 Å². The maximum atomic E-state index is 11.8. The Morgan fingerprint density at radius 3 is 2.76 bits per heavy atom. The molecule has 2 N–H and O–H groups in total. The first-order valence-electron chi connectivity index (χ1n) is 9.50. The molecule has 7 heteroatoms. The summed E-state index contributed by atoms with van der Waals surface area (Å²) in [7, 11) is 0. The number of fused-ring (bicyclic) bond motifs is 1. The zero-order valence-electron chi connectivity index (χ0n) is 16.1. The molecule has 1 saturated carbocycles. The van der Waals surface area contributed by atoms with E-state index in [2.05, 4.69) is 16.3 Å². The van der Waals surface area contributed by atoms with Crippen LogP contribution < -0.4 is 5.48 Å². The lowest BCUT2D eigenvalue weighted by Crippen LogP contribution is -2.19. The van der Waals surface area contributed by atoms with Gasteiger partial charge in [-0.1, -0.05) is 18.2 Å². The van der Waals surface area contributed by atoms with E-state index in [4.69, 9.17) is 10.2 Å². The van der Waals surface area contributed by atoms with Crippen molar-refractivity contribution in [2.24, 2.45) is 0 Å². The summed E-state index contributed by atoms with van der Waals surface area (Å²) >= 11 is 1.71. The fourth-order valence-electron chi connectivity index (χ4n) is 3.99. The normalized spacial score (nSPS) is 14.9. The number of imidazole rings is 1. The summed E-state index contributed by atoms with van der Waals surface area (Å²) in [6.07, 6.45) is 4.01. The fourth-order valence-corrected chi connectivity index (χ4v) is 5.18. The highest BCUT2D eigenvalue weighted by Gasteiger charge is 2.49. The van der Waals surface area contributed by atoms with Crippen LogP contribution in [0.15, 0.2) is 48.7 Å². The van der Waals surface area contributed by atoms with Crippen molar-refractivity contribution in [2.45, 2.75) is 32.1 Å². The molecular weight excluding hydrogens is 384 g/mol.